The van der Waals surface area contributed by atoms with Gasteiger partial charge in [0.2, 0.25) is 5.95 Å². The second-order valence-corrected chi connectivity index (χ2v) is 5.99. The molecule has 5 heteroatoms. The van der Waals surface area contributed by atoms with Crippen molar-refractivity contribution in [1.82, 2.24) is 14.9 Å². The van der Waals surface area contributed by atoms with Crippen molar-refractivity contribution >= 4 is 5.95 Å². The SMILES string of the molecule is Cc1cnc(N2CC3CCC(C2)N3C2COC2)nc1. The summed E-state index contributed by atoms with van der Waals surface area (Å²) in [5.41, 5.74) is 1.12. The molecule has 1 aromatic heterocycles. The summed E-state index contributed by atoms with van der Waals surface area (Å²) in [5, 5.41) is 0. The Hall–Kier alpha value is -1.20. The molecule has 102 valence electrons. The lowest BCUT2D eigenvalue weighted by Gasteiger charge is -2.47. The molecule has 2 atom stereocenters. The average molecular weight is 260 g/mol. The van der Waals surface area contributed by atoms with Crippen molar-refractivity contribution in [3.63, 3.8) is 0 Å². The Morgan fingerprint density at radius 3 is 2.21 bits per heavy atom. The number of hydrogen-bond acceptors (Lipinski definition) is 5. The summed E-state index contributed by atoms with van der Waals surface area (Å²) < 4.78 is 5.36. The number of piperazine rings is 1. The van der Waals surface area contributed by atoms with Crippen molar-refractivity contribution in [1.29, 1.82) is 0 Å². The molecule has 0 aliphatic carbocycles. The Bertz CT molecular complexity index is 445. The number of anilines is 1. The molecule has 5 nitrogen and oxygen atoms in total. The normalized spacial score (nSPS) is 31.5. The number of ether oxygens (including phenoxy) is 1. The molecule has 2 unspecified atom stereocenters. The van der Waals surface area contributed by atoms with Crippen LogP contribution in [0.15, 0.2) is 12.4 Å². The van der Waals surface area contributed by atoms with Gasteiger partial charge >= 0.3 is 0 Å². The van der Waals surface area contributed by atoms with Crippen LogP contribution < -0.4 is 4.90 Å². The van der Waals surface area contributed by atoms with Gasteiger partial charge in [0.25, 0.3) is 0 Å². The van der Waals surface area contributed by atoms with E-state index in [1.54, 1.807) is 0 Å². The van der Waals surface area contributed by atoms with Gasteiger partial charge < -0.3 is 9.64 Å². The summed E-state index contributed by atoms with van der Waals surface area (Å²) in [7, 11) is 0. The maximum absolute atomic E-state index is 5.36. The first-order valence-corrected chi connectivity index (χ1v) is 7.20. The van der Waals surface area contributed by atoms with E-state index in [0.717, 1.165) is 37.8 Å². The number of hydrogen-bond donors (Lipinski definition) is 0. The van der Waals surface area contributed by atoms with Crippen molar-refractivity contribution in [2.24, 2.45) is 0 Å². The zero-order valence-corrected chi connectivity index (χ0v) is 11.3. The molecule has 3 saturated heterocycles. The van der Waals surface area contributed by atoms with E-state index >= 15 is 0 Å². The minimum absolute atomic E-state index is 0.664. The topological polar surface area (TPSA) is 41.5 Å². The molecule has 3 aliphatic rings. The van der Waals surface area contributed by atoms with Crippen LogP contribution in [-0.2, 0) is 4.74 Å². The van der Waals surface area contributed by atoms with Crippen molar-refractivity contribution in [3.05, 3.63) is 18.0 Å². The van der Waals surface area contributed by atoms with Gasteiger partial charge in [-0.25, -0.2) is 9.97 Å². The molecular weight excluding hydrogens is 240 g/mol. The smallest absolute Gasteiger partial charge is 0.225 e. The summed E-state index contributed by atoms with van der Waals surface area (Å²) in [6.07, 6.45) is 6.44. The largest absolute Gasteiger partial charge is 0.378 e. The standard InChI is InChI=1S/C14H20N4O/c1-10-4-15-14(16-5-10)17-6-11-2-3-12(7-17)18(11)13-8-19-9-13/h4-5,11-13H,2-3,6-9H2,1H3. The van der Waals surface area contributed by atoms with E-state index in [1.807, 2.05) is 19.3 Å². The van der Waals surface area contributed by atoms with Crippen LogP contribution in [0.1, 0.15) is 18.4 Å². The molecule has 4 heterocycles. The monoisotopic (exact) mass is 260 g/mol. The summed E-state index contributed by atoms with van der Waals surface area (Å²) in [6.45, 7) is 6.01. The quantitative estimate of drug-likeness (QED) is 0.788. The van der Waals surface area contributed by atoms with Crippen LogP contribution in [0.25, 0.3) is 0 Å². The van der Waals surface area contributed by atoms with E-state index < -0.39 is 0 Å². The van der Waals surface area contributed by atoms with E-state index in [9.17, 15) is 0 Å². The van der Waals surface area contributed by atoms with Crippen molar-refractivity contribution in [3.8, 4) is 0 Å². The van der Waals surface area contributed by atoms with Crippen LogP contribution >= 0.6 is 0 Å². The number of nitrogens with zero attached hydrogens (tertiary/aromatic N) is 4. The van der Waals surface area contributed by atoms with Crippen molar-refractivity contribution in [2.75, 3.05) is 31.2 Å². The highest BCUT2D eigenvalue weighted by molar-refractivity contribution is 5.33. The lowest BCUT2D eigenvalue weighted by Crippen LogP contribution is -2.62. The Morgan fingerprint density at radius 1 is 1.05 bits per heavy atom. The third-order valence-electron chi connectivity index (χ3n) is 4.63. The Kier molecular flexibility index (Phi) is 2.70. The molecule has 2 bridgehead atoms. The van der Waals surface area contributed by atoms with E-state index in [2.05, 4.69) is 19.8 Å². The van der Waals surface area contributed by atoms with Crippen LogP contribution in [0.4, 0.5) is 5.95 Å². The predicted molar refractivity (Wildman–Crippen MR) is 72.2 cm³/mol. The zero-order chi connectivity index (χ0) is 12.8. The van der Waals surface area contributed by atoms with Crippen LogP contribution in [0.5, 0.6) is 0 Å². The second kappa shape index (κ2) is 4.42. The Labute approximate surface area is 113 Å². The Balaban J connectivity index is 1.52. The molecule has 0 spiro atoms. The molecule has 0 saturated carbocycles. The van der Waals surface area contributed by atoms with E-state index in [0.29, 0.717) is 18.1 Å². The fraction of sp³-hybridized carbons (Fsp3) is 0.714. The average Bonchev–Trinajstić information content (AvgIpc) is 2.60. The van der Waals surface area contributed by atoms with E-state index in [-0.39, 0.29) is 0 Å². The second-order valence-electron chi connectivity index (χ2n) is 5.99. The van der Waals surface area contributed by atoms with Gasteiger partial charge in [-0.05, 0) is 25.3 Å². The third-order valence-corrected chi connectivity index (χ3v) is 4.63. The number of fused-ring (bicyclic) bond motifs is 2. The van der Waals surface area contributed by atoms with Gasteiger partial charge in [0.1, 0.15) is 0 Å². The first kappa shape index (κ1) is 11.6. The maximum Gasteiger partial charge on any atom is 0.225 e. The van der Waals surface area contributed by atoms with Crippen molar-refractivity contribution < 1.29 is 4.74 Å². The third kappa shape index (κ3) is 1.92. The molecule has 0 aromatic carbocycles. The molecule has 19 heavy (non-hydrogen) atoms. The van der Waals surface area contributed by atoms with Gasteiger partial charge in [0, 0.05) is 37.6 Å². The predicted octanol–water partition coefficient (Wildman–Crippen LogP) is 0.837. The molecule has 0 amide bonds. The van der Waals surface area contributed by atoms with Gasteiger partial charge in [0.05, 0.1) is 19.3 Å². The first-order valence-electron chi connectivity index (χ1n) is 7.20. The fourth-order valence-electron chi connectivity index (χ4n) is 3.64. The number of rotatable bonds is 2. The van der Waals surface area contributed by atoms with Crippen molar-refractivity contribution in [2.45, 2.75) is 37.9 Å². The van der Waals surface area contributed by atoms with Crippen LogP contribution in [0.2, 0.25) is 0 Å². The molecule has 1 aromatic rings. The fourth-order valence-corrected chi connectivity index (χ4v) is 3.64. The highest BCUT2D eigenvalue weighted by Crippen LogP contribution is 2.34. The molecule has 0 radical (unpaired) electrons. The number of aryl methyl sites for hydroxylation is 1. The van der Waals surface area contributed by atoms with Gasteiger partial charge in [-0.15, -0.1) is 0 Å². The minimum atomic E-state index is 0.664. The molecule has 3 aliphatic heterocycles. The summed E-state index contributed by atoms with van der Waals surface area (Å²) in [5.74, 6) is 0.895. The lowest BCUT2D eigenvalue weighted by atomic mass is 10.1. The first-order chi connectivity index (χ1) is 9.31. The number of aromatic nitrogens is 2. The zero-order valence-electron chi connectivity index (χ0n) is 11.3. The molecule has 4 rings (SSSR count). The molecular formula is C14H20N4O. The van der Waals surface area contributed by atoms with Gasteiger partial charge in [-0.3, -0.25) is 4.90 Å². The van der Waals surface area contributed by atoms with E-state index in [4.69, 9.17) is 4.74 Å². The lowest BCUT2D eigenvalue weighted by molar-refractivity contribution is -0.0851. The van der Waals surface area contributed by atoms with E-state index in [1.165, 1.54) is 12.8 Å². The summed E-state index contributed by atoms with van der Waals surface area (Å²) in [4.78, 5) is 14.0. The highest BCUT2D eigenvalue weighted by atomic mass is 16.5. The molecule has 0 N–H and O–H groups in total. The highest BCUT2D eigenvalue weighted by Gasteiger charge is 2.45. The van der Waals surface area contributed by atoms with Gasteiger partial charge in [-0.1, -0.05) is 0 Å². The van der Waals surface area contributed by atoms with Gasteiger partial charge in [0.15, 0.2) is 0 Å². The van der Waals surface area contributed by atoms with Crippen LogP contribution in [0, 0.1) is 6.92 Å². The van der Waals surface area contributed by atoms with Crippen LogP contribution in [-0.4, -0.2) is 59.3 Å². The Morgan fingerprint density at radius 2 is 1.68 bits per heavy atom. The molecule has 3 fully saturated rings. The van der Waals surface area contributed by atoms with Gasteiger partial charge in [-0.2, -0.15) is 0 Å². The summed E-state index contributed by atoms with van der Waals surface area (Å²) in [6, 6.07) is 1.99. The maximum atomic E-state index is 5.36. The van der Waals surface area contributed by atoms with Crippen LogP contribution in [0.3, 0.4) is 0 Å². The summed E-state index contributed by atoms with van der Waals surface area (Å²) >= 11 is 0. The minimum Gasteiger partial charge on any atom is -0.378 e.